The van der Waals surface area contributed by atoms with Gasteiger partial charge < -0.3 is 14.2 Å². The maximum atomic E-state index is 5.80. The van der Waals surface area contributed by atoms with Crippen LogP contribution in [0.5, 0.6) is 11.5 Å². The molecule has 0 bridgehead atoms. The van der Waals surface area contributed by atoms with Crippen molar-refractivity contribution in [3.05, 3.63) is 29.5 Å². The van der Waals surface area contributed by atoms with Crippen LogP contribution in [0.1, 0.15) is 25.0 Å². The number of benzene rings is 1. The average molecular weight is 220 g/mol. The average Bonchev–Trinajstić information content (AvgIpc) is 2.29. The third kappa shape index (κ3) is 1.98. The highest BCUT2D eigenvalue weighted by Crippen LogP contribution is 2.37. The van der Waals surface area contributed by atoms with Crippen LogP contribution >= 0.6 is 0 Å². The van der Waals surface area contributed by atoms with Gasteiger partial charge >= 0.3 is 0 Å². The molecule has 0 unspecified atom stereocenters. The second kappa shape index (κ2) is 4.47. The van der Waals surface area contributed by atoms with E-state index in [-0.39, 0.29) is 6.10 Å². The molecule has 86 valence electrons. The summed E-state index contributed by atoms with van der Waals surface area (Å²) in [5.41, 5.74) is 2.18. The zero-order valence-electron chi connectivity index (χ0n) is 9.82. The highest BCUT2D eigenvalue weighted by atomic mass is 16.5. The lowest BCUT2D eigenvalue weighted by molar-refractivity contribution is 0.218. The maximum Gasteiger partial charge on any atom is 0.169 e. The van der Waals surface area contributed by atoms with Crippen molar-refractivity contribution in [3.8, 4) is 11.5 Å². The predicted molar refractivity (Wildman–Crippen MR) is 62.6 cm³/mol. The first-order valence-electron chi connectivity index (χ1n) is 5.37. The molecule has 1 aliphatic rings. The molecule has 0 amide bonds. The molecule has 0 saturated carbocycles. The van der Waals surface area contributed by atoms with Crippen LogP contribution < -0.4 is 9.47 Å². The summed E-state index contributed by atoms with van der Waals surface area (Å²) in [5, 5.41) is 0. The Balaban J connectivity index is 2.49. The molecule has 0 saturated heterocycles. The van der Waals surface area contributed by atoms with Gasteiger partial charge in [-0.2, -0.15) is 0 Å². The van der Waals surface area contributed by atoms with Crippen molar-refractivity contribution in [1.29, 1.82) is 0 Å². The largest absolute Gasteiger partial charge is 0.496 e. The van der Waals surface area contributed by atoms with Crippen molar-refractivity contribution in [1.82, 2.24) is 0 Å². The van der Waals surface area contributed by atoms with Crippen LogP contribution in [0.2, 0.25) is 0 Å². The molecular weight excluding hydrogens is 204 g/mol. The van der Waals surface area contributed by atoms with Crippen LogP contribution in [-0.2, 0) is 11.3 Å². The molecule has 3 nitrogen and oxygen atoms in total. The Morgan fingerprint density at radius 3 is 2.81 bits per heavy atom. The maximum absolute atomic E-state index is 5.80. The van der Waals surface area contributed by atoms with Gasteiger partial charge in [-0.3, -0.25) is 0 Å². The molecule has 0 atom stereocenters. The van der Waals surface area contributed by atoms with E-state index in [4.69, 9.17) is 14.2 Å². The third-order valence-electron chi connectivity index (χ3n) is 2.39. The number of hydrogen-bond acceptors (Lipinski definition) is 3. The van der Waals surface area contributed by atoms with Gasteiger partial charge in [0.05, 0.1) is 19.5 Å². The molecule has 2 rings (SSSR count). The molecule has 0 spiro atoms. The van der Waals surface area contributed by atoms with E-state index in [0.717, 1.165) is 22.6 Å². The van der Waals surface area contributed by atoms with Gasteiger partial charge in [0, 0.05) is 11.1 Å². The SMILES string of the molecule is COc1ccc2c(c1OC(C)C)C=COC2. The van der Waals surface area contributed by atoms with Crippen LogP contribution in [0.3, 0.4) is 0 Å². The smallest absolute Gasteiger partial charge is 0.169 e. The fourth-order valence-electron chi connectivity index (χ4n) is 1.70. The van der Waals surface area contributed by atoms with Crippen LogP contribution in [0, 0.1) is 0 Å². The Labute approximate surface area is 95.6 Å². The summed E-state index contributed by atoms with van der Waals surface area (Å²) in [5.74, 6) is 1.56. The minimum absolute atomic E-state index is 0.122. The number of rotatable bonds is 3. The summed E-state index contributed by atoms with van der Waals surface area (Å²) in [6.07, 6.45) is 3.73. The van der Waals surface area contributed by atoms with Gasteiger partial charge in [0.15, 0.2) is 11.5 Å². The van der Waals surface area contributed by atoms with Gasteiger partial charge in [0.25, 0.3) is 0 Å². The van der Waals surface area contributed by atoms with Gasteiger partial charge in [0.1, 0.15) is 6.61 Å². The van der Waals surface area contributed by atoms with Crippen LogP contribution in [-0.4, -0.2) is 13.2 Å². The van der Waals surface area contributed by atoms with Crippen LogP contribution in [0.4, 0.5) is 0 Å². The van der Waals surface area contributed by atoms with E-state index in [1.807, 2.05) is 32.1 Å². The summed E-state index contributed by atoms with van der Waals surface area (Å²) in [4.78, 5) is 0. The lowest BCUT2D eigenvalue weighted by Crippen LogP contribution is -2.10. The number of fused-ring (bicyclic) bond motifs is 1. The van der Waals surface area contributed by atoms with Crippen molar-refractivity contribution >= 4 is 6.08 Å². The topological polar surface area (TPSA) is 27.7 Å². The molecule has 3 heteroatoms. The first-order chi connectivity index (χ1) is 7.72. The van der Waals surface area contributed by atoms with E-state index >= 15 is 0 Å². The molecule has 1 heterocycles. The van der Waals surface area contributed by atoms with E-state index in [1.54, 1.807) is 13.4 Å². The molecule has 0 N–H and O–H groups in total. The Hall–Kier alpha value is -1.64. The standard InChI is InChI=1S/C13H16O3/c1-9(2)16-13-11-6-7-15-8-10(11)4-5-12(13)14-3/h4-7,9H,8H2,1-3H3. The van der Waals surface area contributed by atoms with E-state index in [1.165, 1.54) is 0 Å². The van der Waals surface area contributed by atoms with Crippen molar-refractivity contribution in [2.75, 3.05) is 7.11 Å². The van der Waals surface area contributed by atoms with Crippen molar-refractivity contribution < 1.29 is 14.2 Å². The Morgan fingerprint density at radius 1 is 1.31 bits per heavy atom. The Bertz CT molecular complexity index is 408. The van der Waals surface area contributed by atoms with E-state index in [2.05, 4.69) is 0 Å². The third-order valence-corrected chi connectivity index (χ3v) is 2.39. The summed E-state index contributed by atoms with van der Waals surface area (Å²) < 4.78 is 16.4. The molecule has 16 heavy (non-hydrogen) atoms. The minimum Gasteiger partial charge on any atom is -0.496 e. The zero-order chi connectivity index (χ0) is 11.5. The van der Waals surface area contributed by atoms with Crippen LogP contribution in [0.15, 0.2) is 18.4 Å². The molecule has 0 aliphatic carbocycles. The Morgan fingerprint density at radius 2 is 2.12 bits per heavy atom. The number of hydrogen-bond donors (Lipinski definition) is 0. The van der Waals surface area contributed by atoms with Gasteiger partial charge in [0.2, 0.25) is 0 Å². The highest BCUT2D eigenvalue weighted by molar-refractivity contribution is 5.66. The molecule has 0 radical (unpaired) electrons. The normalized spacial score (nSPS) is 13.2. The second-order valence-corrected chi connectivity index (χ2v) is 3.95. The summed E-state index contributed by atoms with van der Waals surface area (Å²) in [6, 6.07) is 3.92. The minimum atomic E-state index is 0.122. The molecular formula is C13H16O3. The predicted octanol–water partition coefficient (Wildman–Crippen LogP) is 2.98. The second-order valence-electron chi connectivity index (χ2n) is 3.95. The van der Waals surface area contributed by atoms with Gasteiger partial charge in [-0.1, -0.05) is 6.07 Å². The van der Waals surface area contributed by atoms with Crippen molar-refractivity contribution in [2.24, 2.45) is 0 Å². The lowest BCUT2D eigenvalue weighted by atomic mass is 10.0. The fourth-order valence-corrected chi connectivity index (χ4v) is 1.70. The number of ether oxygens (including phenoxy) is 3. The van der Waals surface area contributed by atoms with E-state index in [9.17, 15) is 0 Å². The molecule has 0 aromatic heterocycles. The van der Waals surface area contributed by atoms with Crippen LogP contribution in [0.25, 0.3) is 6.08 Å². The van der Waals surface area contributed by atoms with Gasteiger partial charge in [-0.25, -0.2) is 0 Å². The first kappa shape index (κ1) is 10.9. The van der Waals surface area contributed by atoms with Gasteiger partial charge in [-0.05, 0) is 26.0 Å². The van der Waals surface area contributed by atoms with E-state index < -0.39 is 0 Å². The molecule has 0 fully saturated rings. The highest BCUT2D eigenvalue weighted by Gasteiger charge is 2.16. The zero-order valence-corrected chi connectivity index (χ0v) is 9.82. The monoisotopic (exact) mass is 220 g/mol. The lowest BCUT2D eigenvalue weighted by Gasteiger charge is -2.20. The van der Waals surface area contributed by atoms with Crippen molar-refractivity contribution in [3.63, 3.8) is 0 Å². The summed E-state index contributed by atoms with van der Waals surface area (Å²) >= 11 is 0. The van der Waals surface area contributed by atoms with Crippen molar-refractivity contribution in [2.45, 2.75) is 26.6 Å². The summed E-state index contributed by atoms with van der Waals surface area (Å²) in [7, 11) is 1.65. The fraction of sp³-hybridized carbons (Fsp3) is 0.385. The van der Waals surface area contributed by atoms with Gasteiger partial charge in [-0.15, -0.1) is 0 Å². The quantitative estimate of drug-likeness (QED) is 0.783. The molecule has 1 aliphatic heterocycles. The number of methoxy groups -OCH3 is 1. The first-order valence-corrected chi connectivity index (χ1v) is 5.37. The summed E-state index contributed by atoms with van der Waals surface area (Å²) in [6.45, 7) is 4.59. The molecule has 1 aromatic rings. The molecule has 1 aromatic carbocycles. The Kier molecular flexibility index (Phi) is 3.04. The van der Waals surface area contributed by atoms with E-state index in [0.29, 0.717) is 6.61 Å².